The Kier molecular flexibility index (Phi) is 12.4. The van der Waals surface area contributed by atoms with Crippen LogP contribution in [0.4, 0.5) is 0 Å². The van der Waals surface area contributed by atoms with E-state index < -0.39 is 6.23 Å². The van der Waals surface area contributed by atoms with Crippen LogP contribution in [0.5, 0.6) is 0 Å². The molecule has 0 amide bonds. The van der Waals surface area contributed by atoms with Crippen LogP contribution in [-0.2, 0) is 14.2 Å². The monoisotopic (exact) mass is 461 g/mol. The van der Waals surface area contributed by atoms with E-state index in [1.54, 1.807) is 14.0 Å². The van der Waals surface area contributed by atoms with E-state index in [1.165, 1.54) is 25.4 Å². The molecule has 4 atom stereocenters. The molecule has 6 nitrogen and oxygen atoms in total. The molecule has 33 heavy (non-hydrogen) atoms. The zero-order chi connectivity index (χ0) is 25.1. The first-order valence-corrected chi connectivity index (χ1v) is 11.6. The lowest BCUT2D eigenvalue weighted by atomic mass is 9.95. The first-order chi connectivity index (χ1) is 15.6. The highest BCUT2D eigenvalue weighted by molar-refractivity contribution is 5.33. The standard InChI is InChI=1S/C27H43NO5/c1-10-12-20(4)25(31-7)21(5)17-19(3)14-11-13-18(2)15-16-23-22(6)24(29)26(32-8)27(33-9)28(23)30/h11-12,14-15,17,21,25,27-29H,10,13,16H2,1-9H3/b14-11+,18-15+,19-17+,20-12+/t21-,25+,27?/m0/s1. The topological polar surface area (TPSA) is 75.4 Å². The Morgan fingerprint density at radius 2 is 1.85 bits per heavy atom. The molecule has 1 rings (SSSR count). The molecule has 2 unspecified atom stereocenters. The van der Waals surface area contributed by atoms with Crippen LogP contribution in [-0.4, -0.2) is 38.8 Å². The molecule has 0 aromatic carbocycles. The van der Waals surface area contributed by atoms with Crippen molar-refractivity contribution >= 4 is 0 Å². The van der Waals surface area contributed by atoms with Gasteiger partial charge in [-0.15, -0.1) is 0 Å². The molecular formula is C27H43NO5. The van der Waals surface area contributed by atoms with Crippen molar-refractivity contribution < 1.29 is 24.4 Å². The van der Waals surface area contributed by atoms with Crippen LogP contribution >= 0.6 is 0 Å². The summed E-state index contributed by atoms with van der Waals surface area (Å²) in [7, 11) is 4.62. The molecule has 0 aromatic rings. The summed E-state index contributed by atoms with van der Waals surface area (Å²) in [5.74, 6) is 0.427. The van der Waals surface area contributed by atoms with Gasteiger partial charge in [-0.25, -0.2) is 0 Å². The number of hydrogen-bond acceptors (Lipinski definition) is 5. The molecule has 1 heterocycles. The van der Waals surface area contributed by atoms with Gasteiger partial charge in [0, 0.05) is 26.6 Å². The van der Waals surface area contributed by atoms with Crippen LogP contribution in [0, 0.1) is 11.1 Å². The van der Waals surface area contributed by atoms with Crippen LogP contribution < -0.4 is 5.06 Å². The molecule has 0 radical (unpaired) electrons. The van der Waals surface area contributed by atoms with Crippen LogP contribution in [0.3, 0.4) is 0 Å². The summed E-state index contributed by atoms with van der Waals surface area (Å²) in [4.78, 5) is 0. The lowest BCUT2D eigenvalue weighted by molar-refractivity contribution is -0.860. The van der Waals surface area contributed by atoms with E-state index in [-0.39, 0.29) is 28.6 Å². The predicted molar refractivity (Wildman–Crippen MR) is 134 cm³/mol. The third kappa shape index (κ3) is 8.00. The summed E-state index contributed by atoms with van der Waals surface area (Å²) >= 11 is 0. The minimum Gasteiger partial charge on any atom is -0.627 e. The summed E-state index contributed by atoms with van der Waals surface area (Å²) in [5, 5.41) is 23.0. The number of aliphatic hydroxyl groups is 1. The average Bonchev–Trinajstić information content (AvgIpc) is 2.76. The minimum atomic E-state index is -0.899. The second-order valence-corrected chi connectivity index (χ2v) is 8.64. The fraction of sp³-hybridized carbons (Fsp3) is 0.556. The van der Waals surface area contributed by atoms with Gasteiger partial charge in [-0.3, -0.25) is 0 Å². The lowest BCUT2D eigenvalue weighted by Crippen LogP contribution is -3.11. The van der Waals surface area contributed by atoms with Crippen molar-refractivity contribution in [2.45, 2.75) is 73.1 Å². The van der Waals surface area contributed by atoms with Crippen molar-refractivity contribution in [1.29, 1.82) is 0 Å². The van der Waals surface area contributed by atoms with E-state index in [9.17, 15) is 10.3 Å². The maximum absolute atomic E-state index is 12.8. The fourth-order valence-electron chi connectivity index (χ4n) is 4.19. The van der Waals surface area contributed by atoms with E-state index in [4.69, 9.17) is 14.2 Å². The van der Waals surface area contributed by atoms with E-state index in [0.29, 0.717) is 17.7 Å². The molecule has 0 saturated heterocycles. The number of ether oxygens (including phenoxy) is 3. The van der Waals surface area contributed by atoms with Crippen molar-refractivity contribution in [3.05, 3.63) is 75.1 Å². The molecule has 0 aromatic heterocycles. The van der Waals surface area contributed by atoms with E-state index >= 15 is 0 Å². The maximum Gasteiger partial charge on any atom is 0.259 e. The Hall–Kier alpha value is -2.12. The van der Waals surface area contributed by atoms with Crippen molar-refractivity contribution in [2.24, 2.45) is 5.92 Å². The third-order valence-electron chi connectivity index (χ3n) is 5.98. The van der Waals surface area contributed by atoms with Gasteiger partial charge in [0.05, 0.1) is 18.8 Å². The third-order valence-corrected chi connectivity index (χ3v) is 5.98. The van der Waals surface area contributed by atoms with Crippen molar-refractivity contribution in [1.82, 2.24) is 0 Å². The molecule has 0 fully saturated rings. The Bertz CT molecular complexity index is 831. The summed E-state index contributed by atoms with van der Waals surface area (Å²) in [6, 6.07) is 0. The lowest BCUT2D eigenvalue weighted by Gasteiger charge is -2.36. The van der Waals surface area contributed by atoms with Crippen LogP contribution in [0.15, 0.2) is 69.9 Å². The van der Waals surface area contributed by atoms with Gasteiger partial charge in [-0.05, 0) is 46.1 Å². The Morgan fingerprint density at radius 1 is 1.18 bits per heavy atom. The van der Waals surface area contributed by atoms with Gasteiger partial charge >= 0.3 is 0 Å². The number of methoxy groups -OCH3 is 3. The summed E-state index contributed by atoms with van der Waals surface area (Å²) in [6.07, 6.45) is 12.1. The number of hydrogen-bond donors (Lipinski definition) is 2. The molecule has 1 aliphatic rings. The fourth-order valence-corrected chi connectivity index (χ4v) is 4.19. The highest BCUT2D eigenvalue weighted by Gasteiger charge is 2.35. The van der Waals surface area contributed by atoms with Crippen LogP contribution in [0.2, 0.25) is 0 Å². The molecule has 0 aliphatic carbocycles. The maximum atomic E-state index is 12.8. The van der Waals surface area contributed by atoms with Crippen LogP contribution in [0.1, 0.15) is 60.8 Å². The first-order valence-electron chi connectivity index (χ1n) is 11.6. The Labute approximate surface area is 200 Å². The summed E-state index contributed by atoms with van der Waals surface area (Å²) < 4.78 is 16.1. The predicted octanol–water partition coefficient (Wildman–Crippen LogP) is 5.28. The number of nitrogens with one attached hydrogen (secondary N) is 1. The molecule has 2 N–H and O–H groups in total. The smallest absolute Gasteiger partial charge is 0.259 e. The number of allylic oxidation sites excluding steroid dienone is 7. The quantitative estimate of drug-likeness (QED) is 0.235. The molecule has 0 bridgehead atoms. The SMILES string of the molecule is CC/C=C(\C)[C@@H](OC)[C@@H](C)/C=C(C)/C=C/C/C(C)=C/CC1=C(C)C(O)=C(OC)C(OC)[NH+]1[O-]. The average molecular weight is 462 g/mol. The molecular weight excluding hydrogens is 418 g/mol. The number of hydroxylamine groups is 2. The highest BCUT2D eigenvalue weighted by Crippen LogP contribution is 2.23. The van der Waals surface area contributed by atoms with Gasteiger partial charge in [-0.1, -0.05) is 55.4 Å². The van der Waals surface area contributed by atoms with Gasteiger partial charge in [0.1, 0.15) is 5.70 Å². The second kappa shape index (κ2) is 14.2. The molecule has 0 saturated carbocycles. The number of quaternary nitrogens is 1. The summed E-state index contributed by atoms with van der Waals surface area (Å²) in [6.45, 7) is 12.3. The number of rotatable bonds is 12. The molecule has 0 spiro atoms. The first kappa shape index (κ1) is 28.9. The van der Waals surface area contributed by atoms with Crippen LogP contribution in [0.25, 0.3) is 0 Å². The van der Waals surface area contributed by atoms with Gasteiger partial charge in [0.25, 0.3) is 6.23 Å². The van der Waals surface area contributed by atoms with E-state index in [2.05, 4.69) is 52.0 Å². The zero-order valence-electron chi connectivity index (χ0n) is 21.8. The largest absolute Gasteiger partial charge is 0.627 e. The van der Waals surface area contributed by atoms with Gasteiger partial charge in [0.2, 0.25) is 5.76 Å². The molecule has 1 aliphatic heterocycles. The summed E-state index contributed by atoms with van der Waals surface area (Å²) in [5.41, 5.74) is 4.68. The van der Waals surface area contributed by atoms with E-state index in [1.807, 2.05) is 13.0 Å². The molecule has 6 heteroatoms. The van der Waals surface area contributed by atoms with Gasteiger partial charge < -0.3 is 29.6 Å². The second-order valence-electron chi connectivity index (χ2n) is 8.64. The Balaban J connectivity index is 2.84. The highest BCUT2D eigenvalue weighted by atomic mass is 16.6. The van der Waals surface area contributed by atoms with Crippen molar-refractivity contribution in [3.63, 3.8) is 0 Å². The van der Waals surface area contributed by atoms with Gasteiger partial charge in [-0.2, -0.15) is 0 Å². The van der Waals surface area contributed by atoms with Gasteiger partial charge in [0.15, 0.2) is 5.76 Å². The van der Waals surface area contributed by atoms with Crippen molar-refractivity contribution in [2.75, 3.05) is 21.3 Å². The molecule has 186 valence electrons. The number of aliphatic hydroxyl groups excluding tert-OH is 1. The minimum absolute atomic E-state index is 0.0156. The Morgan fingerprint density at radius 3 is 2.39 bits per heavy atom. The zero-order valence-corrected chi connectivity index (χ0v) is 21.8. The normalized spacial score (nSPS) is 22.9. The van der Waals surface area contributed by atoms with Crippen molar-refractivity contribution in [3.8, 4) is 0 Å². The van der Waals surface area contributed by atoms with E-state index in [0.717, 1.165) is 18.4 Å².